The third-order valence-corrected chi connectivity index (χ3v) is 5.65. The van der Waals surface area contributed by atoms with Gasteiger partial charge in [-0.05, 0) is 54.8 Å². The van der Waals surface area contributed by atoms with Gasteiger partial charge in [-0.3, -0.25) is 4.79 Å². The molecule has 1 unspecified atom stereocenters. The van der Waals surface area contributed by atoms with Crippen molar-refractivity contribution in [3.05, 3.63) is 47.5 Å². The quantitative estimate of drug-likeness (QED) is 0.549. The van der Waals surface area contributed by atoms with Crippen LogP contribution >= 0.6 is 0 Å². The average molecular weight is 363 g/mol. The first-order valence-corrected chi connectivity index (χ1v) is 9.56. The van der Waals surface area contributed by atoms with Crippen LogP contribution < -0.4 is 9.47 Å². The summed E-state index contributed by atoms with van der Waals surface area (Å²) in [5.74, 6) is 1.63. The maximum atomic E-state index is 12.1. The number of methoxy groups -OCH3 is 2. The molecule has 4 heteroatoms. The Balaban J connectivity index is 2.02. The van der Waals surface area contributed by atoms with Crippen molar-refractivity contribution in [1.82, 2.24) is 4.57 Å². The highest BCUT2D eigenvalue weighted by atomic mass is 16.5. The number of rotatable bonds is 6. The van der Waals surface area contributed by atoms with Crippen LogP contribution in [0.5, 0.6) is 11.5 Å². The fourth-order valence-corrected chi connectivity index (χ4v) is 4.33. The second-order valence-corrected chi connectivity index (χ2v) is 7.16. The Bertz CT molecular complexity index is 1000. The van der Waals surface area contributed by atoms with Crippen LogP contribution in [0, 0.1) is 0 Å². The van der Waals surface area contributed by atoms with Gasteiger partial charge < -0.3 is 14.0 Å². The van der Waals surface area contributed by atoms with E-state index >= 15 is 0 Å². The van der Waals surface area contributed by atoms with Crippen LogP contribution in [0.25, 0.3) is 22.2 Å². The molecule has 4 rings (SSSR count). The van der Waals surface area contributed by atoms with E-state index in [0.717, 1.165) is 71.2 Å². The number of aromatic nitrogens is 1. The van der Waals surface area contributed by atoms with E-state index in [-0.39, 0.29) is 0 Å². The molecule has 0 saturated carbocycles. The van der Waals surface area contributed by atoms with Gasteiger partial charge in [0.15, 0.2) is 6.29 Å². The molecule has 1 aliphatic heterocycles. The van der Waals surface area contributed by atoms with Crippen LogP contribution in [0.4, 0.5) is 0 Å². The van der Waals surface area contributed by atoms with Gasteiger partial charge in [0, 0.05) is 28.1 Å². The van der Waals surface area contributed by atoms with Gasteiger partial charge >= 0.3 is 0 Å². The molecule has 0 radical (unpaired) electrons. The Morgan fingerprint density at radius 2 is 1.85 bits per heavy atom. The Morgan fingerprint density at radius 3 is 2.56 bits per heavy atom. The van der Waals surface area contributed by atoms with Crippen molar-refractivity contribution < 1.29 is 14.3 Å². The van der Waals surface area contributed by atoms with E-state index in [9.17, 15) is 4.79 Å². The standard InChI is InChI=1S/C23H25NO3/c1-4-5-6-16-11-15-12-17(26-2)7-9-19(15)23-21(14-25)20-13-18(27-3)8-10-22(20)24(16)23/h7-10,12-14,16H,4-6,11H2,1-3H3. The molecule has 0 spiro atoms. The minimum Gasteiger partial charge on any atom is -0.497 e. The average Bonchev–Trinajstić information content (AvgIpc) is 3.05. The summed E-state index contributed by atoms with van der Waals surface area (Å²) in [5, 5.41) is 0.963. The van der Waals surface area contributed by atoms with Crippen molar-refractivity contribution >= 4 is 17.2 Å². The Morgan fingerprint density at radius 1 is 1.11 bits per heavy atom. The topological polar surface area (TPSA) is 40.5 Å². The van der Waals surface area contributed by atoms with E-state index in [1.807, 2.05) is 18.2 Å². The van der Waals surface area contributed by atoms with Gasteiger partial charge in [-0.1, -0.05) is 19.8 Å². The lowest BCUT2D eigenvalue weighted by Crippen LogP contribution is -2.19. The molecular weight excluding hydrogens is 338 g/mol. The summed E-state index contributed by atoms with van der Waals surface area (Å²) in [6, 6.07) is 12.5. The van der Waals surface area contributed by atoms with E-state index in [1.165, 1.54) is 5.56 Å². The normalized spacial score (nSPS) is 15.3. The summed E-state index contributed by atoms with van der Waals surface area (Å²) < 4.78 is 13.2. The molecule has 2 heterocycles. The predicted octanol–water partition coefficient (Wildman–Crippen LogP) is 5.43. The Labute approximate surface area is 159 Å². The number of nitrogens with zero attached hydrogens (tertiary/aromatic N) is 1. The molecule has 1 aromatic heterocycles. The molecule has 27 heavy (non-hydrogen) atoms. The third kappa shape index (κ3) is 2.80. The molecule has 1 atom stereocenters. The smallest absolute Gasteiger partial charge is 0.152 e. The summed E-state index contributed by atoms with van der Waals surface area (Å²) in [5.41, 5.74) is 5.26. The number of carbonyl (C=O) groups is 1. The molecule has 140 valence electrons. The molecule has 0 N–H and O–H groups in total. The molecule has 0 fully saturated rings. The predicted molar refractivity (Wildman–Crippen MR) is 108 cm³/mol. The Kier molecular flexibility index (Phi) is 4.65. The number of carbonyl (C=O) groups excluding carboxylic acids is 1. The van der Waals surface area contributed by atoms with Gasteiger partial charge in [0.2, 0.25) is 0 Å². The molecule has 0 aliphatic carbocycles. The third-order valence-electron chi connectivity index (χ3n) is 5.65. The number of unbranched alkanes of at least 4 members (excludes halogenated alkanes) is 1. The highest BCUT2D eigenvalue weighted by Crippen LogP contribution is 2.45. The molecule has 4 nitrogen and oxygen atoms in total. The monoisotopic (exact) mass is 363 g/mol. The lowest BCUT2D eigenvalue weighted by atomic mass is 9.90. The number of hydrogen-bond donors (Lipinski definition) is 0. The lowest BCUT2D eigenvalue weighted by molar-refractivity contribution is 0.112. The van der Waals surface area contributed by atoms with E-state index in [4.69, 9.17) is 9.47 Å². The molecular formula is C23H25NO3. The zero-order chi connectivity index (χ0) is 19.0. The molecule has 0 bridgehead atoms. The lowest BCUT2D eigenvalue weighted by Gasteiger charge is -2.30. The minimum absolute atomic E-state index is 0.337. The van der Waals surface area contributed by atoms with Crippen LogP contribution in [0.15, 0.2) is 36.4 Å². The van der Waals surface area contributed by atoms with Crippen LogP contribution in [0.3, 0.4) is 0 Å². The van der Waals surface area contributed by atoms with Crippen LogP contribution in [-0.2, 0) is 6.42 Å². The van der Waals surface area contributed by atoms with Gasteiger partial charge in [-0.15, -0.1) is 0 Å². The fourth-order valence-electron chi connectivity index (χ4n) is 4.33. The summed E-state index contributed by atoms with van der Waals surface area (Å²) in [7, 11) is 3.35. The van der Waals surface area contributed by atoms with Crippen LogP contribution in [-0.4, -0.2) is 25.1 Å². The van der Waals surface area contributed by atoms with Gasteiger partial charge in [0.05, 0.1) is 19.9 Å². The maximum absolute atomic E-state index is 12.1. The molecule has 0 saturated heterocycles. The fraction of sp³-hybridized carbons (Fsp3) is 0.348. The highest BCUT2D eigenvalue weighted by molar-refractivity contribution is 6.06. The van der Waals surface area contributed by atoms with Crippen molar-refractivity contribution in [2.24, 2.45) is 0 Å². The SMILES string of the molecule is CCCCC1Cc2cc(OC)ccc2-c2c(C=O)c3cc(OC)ccc3n21. The summed E-state index contributed by atoms with van der Waals surface area (Å²) in [6.45, 7) is 2.22. The molecule has 2 aromatic carbocycles. The summed E-state index contributed by atoms with van der Waals surface area (Å²) >= 11 is 0. The molecule has 1 aliphatic rings. The van der Waals surface area contributed by atoms with Crippen LogP contribution in [0.1, 0.15) is 48.1 Å². The summed E-state index contributed by atoms with van der Waals surface area (Å²) in [4.78, 5) is 12.1. The van der Waals surface area contributed by atoms with Gasteiger partial charge in [-0.25, -0.2) is 0 Å². The molecule has 0 amide bonds. The van der Waals surface area contributed by atoms with Crippen molar-refractivity contribution in [2.75, 3.05) is 14.2 Å². The molecule has 3 aromatic rings. The second-order valence-electron chi connectivity index (χ2n) is 7.16. The number of benzene rings is 2. The Hall–Kier alpha value is -2.75. The van der Waals surface area contributed by atoms with Gasteiger partial charge in [0.1, 0.15) is 11.5 Å². The number of aldehydes is 1. The second kappa shape index (κ2) is 7.10. The zero-order valence-corrected chi connectivity index (χ0v) is 16.1. The number of hydrogen-bond acceptors (Lipinski definition) is 3. The number of ether oxygens (including phenoxy) is 2. The first kappa shape index (κ1) is 17.7. The van der Waals surface area contributed by atoms with E-state index < -0.39 is 0 Å². The van der Waals surface area contributed by atoms with Crippen molar-refractivity contribution in [2.45, 2.75) is 38.6 Å². The van der Waals surface area contributed by atoms with E-state index in [1.54, 1.807) is 14.2 Å². The van der Waals surface area contributed by atoms with Crippen molar-refractivity contribution in [3.63, 3.8) is 0 Å². The van der Waals surface area contributed by atoms with Crippen LogP contribution in [0.2, 0.25) is 0 Å². The number of fused-ring (bicyclic) bond motifs is 5. The van der Waals surface area contributed by atoms with Crippen molar-refractivity contribution in [1.29, 1.82) is 0 Å². The first-order valence-electron chi connectivity index (χ1n) is 9.56. The van der Waals surface area contributed by atoms with Crippen molar-refractivity contribution in [3.8, 4) is 22.8 Å². The minimum atomic E-state index is 0.337. The zero-order valence-electron chi connectivity index (χ0n) is 16.1. The maximum Gasteiger partial charge on any atom is 0.152 e. The highest BCUT2D eigenvalue weighted by Gasteiger charge is 2.30. The van der Waals surface area contributed by atoms with E-state index in [2.05, 4.69) is 29.7 Å². The van der Waals surface area contributed by atoms with Gasteiger partial charge in [0.25, 0.3) is 0 Å². The largest absolute Gasteiger partial charge is 0.497 e. The van der Waals surface area contributed by atoms with Gasteiger partial charge in [-0.2, -0.15) is 0 Å². The summed E-state index contributed by atoms with van der Waals surface area (Å²) in [6.07, 6.45) is 5.35. The first-order chi connectivity index (χ1) is 13.2. The van der Waals surface area contributed by atoms with E-state index in [0.29, 0.717) is 6.04 Å².